The van der Waals surface area contributed by atoms with Gasteiger partial charge in [-0.3, -0.25) is 0 Å². The van der Waals surface area contributed by atoms with Crippen molar-refractivity contribution in [2.75, 3.05) is 19.8 Å². The Morgan fingerprint density at radius 3 is 2.83 bits per heavy atom. The van der Waals surface area contributed by atoms with Crippen LogP contribution in [0.1, 0.15) is 31.4 Å². The quantitative estimate of drug-likeness (QED) is 0.897. The highest BCUT2D eigenvalue weighted by Crippen LogP contribution is 2.26. The molecule has 0 spiro atoms. The Kier molecular flexibility index (Phi) is 4.55. The minimum Gasteiger partial charge on any atom is -0.493 e. The summed E-state index contributed by atoms with van der Waals surface area (Å²) < 4.78 is 24.3. The van der Waals surface area contributed by atoms with E-state index in [0.29, 0.717) is 18.3 Å². The van der Waals surface area contributed by atoms with E-state index < -0.39 is 0 Å². The summed E-state index contributed by atoms with van der Waals surface area (Å²) >= 11 is 0. The Morgan fingerprint density at radius 1 is 1.44 bits per heavy atom. The molecule has 2 rings (SSSR count). The molecule has 3 nitrogen and oxygen atoms in total. The van der Waals surface area contributed by atoms with Gasteiger partial charge in [-0.25, -0.2) is 4.39 Å². The zero-order chi connectivity index (χ0) is 13.0. The zero-order valence-corrected chi connectivity index (χ0v) is 10.7. The largest absolute Gasteiger partial charge is 0.493 e. The Hall–Kier alpha value is -1.13. The molecule has 0 saturated carbocycles. The third-order valence-electron chi connectivity index (χ3n) is 3.28. The molecule has 0 unspecified atom stereocenters. The molecule has 1 aromatic carbocycles. The first kappa shape index (κ1) is 13.3. The van der Waals surface area contributed by atoms with Gasteiger partial charge in [-0.15, -0.1) is 0 Å². The molecule has 0 aliphatic carbocycles. The Balaban J connectivity index is 2.00. The molecule has 2 N–H and O–H groups in total. The first-order valence-corrected chi connectivity index (χ1v) is 6.42. The third-order valence-corrected chi connectivity index (χ3v) is 3.28. The molecule has 0 radical (unpaired) electrons. The number of benzene rings is 1. The van der Waals surface area contributed by atoms with Crippen LogP contribution in [0.3, 0.4) is 0 Å². The highest BCUT2D eigenvalue weighted by Gasteiger charge is 2.16. The van der Waals surface area contributed by atoms with Crippen LogP contribution < -0.4 is 10.5 Å². The van der Waals surface area contributed by atoms with Crippen LogP contribution in [0.5, 0.6) is 5.75 Å². The number of rotatable bonds is 4. The summed E-state index contributed by atoms with van der Waals surface area (Å²) in [4.78, 5) is 0. The van der Waals surface area contributed by atoms with Crippen LogP contribution in [0.2, 0.25) is 0 Å². The predicted octanol–water partition coefficient (Wildman–Crippen LogP) is 2.65. The van der Waals surface area contributed by atoms with Gasteiger partial charge in [0, 0.05) is 30.9 Å². The molecule has 4 heteroatoms. The standard InChI is InChI=1S/C14H20FNO2/c1-10(16)13-3-2-12(15)8-14(13)18-9-11-4-6-17-7-5-11/h2-3,8,10-11H,4-7,9,16H2,1H3/t10-/m0/s1. The molecule has 0 aromatic heterocycles. The third kappa shape index (κ3) is 3.43. The van der Waals surface area contributed by atoms with Gasteiger partial charge in [-0.05, 0) is 31.7 Å². The number of hydrogen-bond acceptors (Lipinski definition) is 3. The number of nitrogens with two attached hydrogens (primary N) is 1. The first-order chi connectivity index (χ1) is 8.66. The van der Waals surface area contributed by atoms with Crippen molar-refractivity contribution in [3.8, 4) is 5.75 Å². The fraction of sp³-hybridized carbons (Fsp3) is 0.571. The zero-order valence-electron chi connectivity index (χ0n) is 10.7. The van der Waals surface area contributed by atoms with Crippen LogP contribution in [0.25, 0.3) is 0 Å². The minimum absolute atomic E-state index is 0.157. The summed E-state index contributed by atoms with van der Waals surface area (Å²) in [6, 6.07) is 4.37. The average molecular weight is 253 g/mol. The fourth-order valence-electron chi connectivity index (χ4n) is 2.13. The predicted molar refractivity (Wildman–Crippen MR) is 68.0 cm³/mol. The average Bonchev–Trinajstić information content (AvgIpc) is 2.37. The molecule has 0 bridgehead atoms. The summed E-state index contributed by atoms with van der Waals surface area (Å²) in [6.07, 6.45) is 2.01. The molecule has 0 amide bonds. The Morgan fingerprint density at radius 2 is 2.17 bits per heavy atom. The van der Waals surface area contributed by atoms with Gasteiger partial charge in [-0.1, -0.05) is 6.07 Å². The maximum absolute atomic E-state index is 13.2. The van der Waals surface area contributed by atoms with Gasteiger partial charge in [0.05, 0.1) is 6.61 Å². The van der Waals surface area contributed by atoms with Crippen molar-refractivity contribution in [2.24, 2.45) is 11.7 Å². The van der Waals surface area contributed by atoms with E-state index in [1.54, 1.807) is 6.07 Å². The van der Waals surface area contributed by atoms with E-state index in [1.165, 1.54) is 12.1 Å². The summed E-state index contributed by atoms with van der Waals surface area (Å²) in [5.41, 5.74) is 6.70. The topological polar surface area (TPSA) is 44.5 Å². The van der Waals surface area contributed by atoms with Gasteiger partial charge >= 0.3 is 0 Å². The summed E-state index contributed by atoms with van der Waals surface area (Å²) in [6.45, 7) is 4.05. The van der Waals surface area contributed by atoms with Crippen molar-refractivity contribution in [1.29, 1.82) is 0 Å². The van der Waals surface area contributed by atoms with E-state index in [-0.39, 0.29) is 11.9 Å². The number of hydrogen-bond donors (Lipinski definition) is 1. The van der Waals surface area contributed by atoms with Crippen molar-refractivity contribution in [3.63, 3.8) is 0 Å². The van der Waals surface area contributed by atoms with E-state index in [0.717, 1.165) is 31.6 Å². The van der Waals surface area contributed by atoms with Crippen molar-refractivity contribution in [2.45, 2.75) is 25.8 Å². The van der Waals surface area contributed by atoms with Gasteiger partial charge in [0.25, 0.3) is 0 Å². The highest BCUT2D eigenvalue weighted by molar-refractivity contribution is 5.36. The molecule has 100 valence electrons. The highest BCUT2D eigenvalue weighted by atomic mass is 19.1. The van der Waals surface area contributed by atoms with Crippen LogP contribution in [-0.4, -0.2) is 19.8 Å². The van der Waals surface area contributed by atoms with Gasteiger partial charge in [0.1, 0.15) is 11.6 Å². The fourth-order valence-corrected chi connectivity index (χ4v) is 2.13. The summed E-state index contributed by atoms with van der Waals surface area (Å²) in [7, 11) is 0. The molecule has 1 atom stereocenters. The van der Waals surface area contributed by atoms with E-state index >= 15 is 0 Å². The van der Waals surface area contributed by atoms with Crippen LogP contribution in [0.4, 0.5) is 4.39 Å². The van der Waals surface area contributed by atoms with Crippen molar-refractivity contribution in [1.82, 2.24) is 0 Å². The minimum atomic E-state index is -0.290. The molecular formula is C14H20FNO2. The van der Waals surface area contributed by atoms with Gasteiger partial charge < -0.3 is 15.2 Å². The lowest BCUT2D eigenvalue weighted by atomic mass is 10.0. The van der Waals surface area contributed by atoms with Crippen LogP contribution in [0.15, 0.2) is 18.2 Å². The smallest absolute Gasteiger partial charge is 0.126 e. The first-order valence-electron chi connectivity index (χ1n) is 6.42. The molecule has 1 saturated heterocycles. The number of halogens is 1. The Bertz CT molecular complexity index is 389. The summed E-state index contributed by atoms with van der Waals surface area (Å²) in [5.74, 6) is 0.765. The second-order valence-corrected chi connectivity index (χ2v) is 4.84. The second-order valence-electron chi connectivity index (χ2n) is 4.84. The maximum atomic E-state index is 13.2. The lowest BCUT2D eigenvalue weighted by Gasteiger charge is -2.23. The molecule has 1 heterocycles. The van der Waals surface area contributed by atoms with Crippen molar-refractivity contribution >= 4 is 0 Å². The lowest BCUT2D eigenvalue weighted by Crippen LogP contribution is -2.22. The van der Waals surface area contributed by atoms with E-state index in [9.17, 15) is 4.39 Å². The summed E-state index contributed by atoms with van der Waals surface area (Å²) in [5, 5.41) is 0. The molecule has 1 aliphatic heterocycles. The van der Waals surface area contributed by atoms with Crippen LogP contribution in [0, 0.1) is 11.7 Å². The molecule has 1 fully saturated rings. The van der Waals surface area contributed by atoms with Gasteiger partial charge in [0.15, 0.2) is 0 Å². The number of ether oxygens (including phenoxy) is 2. The Labute approximate surface area is 107 Å². The van der Waals surface area contributed by atoms with E-state index in [4.69, 9.17) is 15.2 Å². The second kappa shape index (κ2) is 6.16. The normalized spacial score (nSPS) is 18.6. The van der Waals surface area contributed by atoms with Gasteiger partial charge in [0.2, 0.25) is 0 Å². The van der Waals surface area contributed by atoms with E-state index in [2.05, 4.69) is 0 Å². The van der Waals surface area contributed by atoms with Crippen molar-refractivity contribution < 1.29 is 13.9 Å². The molecule has 1 aromatic rings. The molecule has 18 heavy (non-hydrogen) atoms. The maximum Gasteiger partial charge on any atom is 0.126 e. The van der Waals surface area contributed by atoms with Crippen molar-refractivity contribution in [3.05, 3.63) is 29.6 Å². The molecular weight excluding hydrogens is 233 g/mol. The van der Waals surface area contributed by atoms with Crippen LogP contribution in [-0.2, 0) is 4.74 Å². The van der Waals surface area contributed by atoms with E-state index in [1.807, 2.05) is 6.92 Å². The SMILES string of the molecule is C[C@H](N)c1ccc(F)cc1OCC1CCOCC1. The van der Waals surface area contributed by atoms with Crippen LogP contribution >= 0.6 is 0 Å². The monoisotopic (exact) mass is 253 g/mol. The molecule has 1 aliphatic rings. The van der Waals surface area contributed by atoms with Gasteiger partial charge in [-0.2, -0.15) is 0 Å². The lowest BCUT2D eigenvalue weighted by molar-refractivity contribution is 0.0495.